The minimum Gasteiger partial charge on any atom is -0.292 e. The van der Waals surface area contributed by atoms with E-state index in [0.717, 1.165) is 66.3 Å². The van der Waals surface area contributed by atoms with E-state index in [1.54, 1.807) is 0 Å². The molecule has 0 saturated heterocycles. The SMILES string of the molecule is c1ccc2c(c1)nc1c3cccc(-c4cc5c(c6ccccc46)c4ccccc4n4c6ccccc6nc54)c3ncn21. The molecular formula is C37H21N5. The average Bonchev–Trinajstić information content (AvgIpc) is 3.63. The monoisotopic (exact) mass is 535 g/mol. The second kappa shape index (κ2) is 7.89. The van der Waals surface area contributed by atoms with Gasteiger partial charge in [0.05, 0.1) is 33.1 Å². The van der Waals surface area contributed by atoms with Crippen molar-refractivity contribution in [3.8, 4) is 11.1 Å². The molecule has 10 rings (SSSR count). The van der Waals surface area contributed by atoms with Crippen molar-refractivity contribution in [2.75, 3.05) is 0 Å². The van der Waals surface area contributed by atoms with Gasteiger partial charge in [-0.05, 0) is 58.8 Å². The number of imidazole rings is 2. The van der Waals surface area contributed by atoms with Gasteiger partial charge in [-0.2, -0.15) is 0 Å². The Hall–Kier alpha value is -5.81. The first-order valence-electron chi connectivity index (χ1n) is 14.1. The maximum Gasteiger partial charge on any atom is 0.148 e. The minimum absolute atomic E-state index is 0.918. The van der Waals surface area contributed by atoms with Gasteiger partial charge >= 0.3 is 0 Å². The van der Waals surface area contributed by atoms with Crippen LogP contribution in [0.4, 0.5) is 0 Å². The smallest absolute Gasteiger partial charge is 0.148 e. The summed E-state index contributed by atoms with van der Waals surface area (Å²) in [5.74, 6) is 0. The van der Waals surface area contributed by atoms with E-state index < -0.39 is 0 Å². The lowest BCUT2D eigenvalue weighted by Gasteiger charge is -2.16. The Balaban J connectivity index is 1.40. The fourth-order valence-electron chi connectivity index (χ4n) is 6.94. The van der Waals surface area contributed by atoms with E-state index in [1.807, 2.05) is 18.5 Å². The number of benzene rings is 6. The summed E-state index contributed by atoms with van der Waals surface area (Å²) in [5.41, 5.74) is 10.3. The summed E-state index contributed by atoms with van der Waals surface area (Å²) in [4.78, 5) is 15.2. The van der Waals surface area contributed by atoms with Gasteiger partial charge in [-0.1, -0.05) is 78.9 Å². The summed E-state index contributed by atoms with van der Waals surface area (Å²) in [6.45, 7) is 0. The third-order valence-corrected chi connectivity index (χ3v) is 8.73. The van der Waals surface area contributed by atoms with Gasteiger partial charge in [-0.15, -0.1) is 0 Å². The highest BCUT2D eigenvalue weighted by molar-refractivity contribution is 6.27. The number of rotatable bonds is 1. The first-order valence-corrected chi connectivity index (χ1v) is 14.1. The standard InChI is InChI=1S/C37H21N5/c1-2-11-23-22(10-1)27(24-13-9-14-26-35(24)38-21-41-32-18-7-4-15-29(32)39-36(26)41)20-28-34(23)25-12-3-6-17-31(25)42-33-19-8-5-16-30(33)40-37(28)42/h1-21H. The van der Waals surface area contributed by atoms with Crippen LogP contribution in [0.1, 0.15) is 0 Å². The Bertz CT molecular complexity index is 2750. The fourth-order valence-corrected chi connectivity index (χ4v) is 6.94. The van der Waals surface area contributed by atoms with Crippen LogP contribution in [0, 0.1) is 0 Å². The molecular weight excluding hydrogens is 514 g/mol. The van der Waals surface area contributed by atoms with Crippen molar-refractivity contribution in [1.82, 2.24) is 23.8 Å². The van der Waals surface area contributed by atoms with Gasteiger partial charge in [-0.25, -0.2) is 15.0 Å². The lowest BCUT2D eigenvalue weighted by molar-refractivity contribution is 1.15. The van der Waals surface area contributed by atoms with Gasteiger partial charge in [0.15, 0.2) is 0 Å². The Labute approximate surface area is 238 Å². The highest BCUT2D eigenvalue weighted by atomic mass is 15.0. The van der Waals surface area contributed by atoms with Crippen LogP contribution in [0.3, 0.4) is 0 Å². The summed E-state index contributed by atoms with van der Waals surface area (Å²) >= 11 is 0. The normalized spacial score (nSPS) is 12.3. The Morgan fingerprint density at radius 2 is 1.10 bits per heavy atom. The molecule has 4 aromatic heterocycles. The quantitative estimate of drug-likeness (QED) is 0.197. The summed E-state index contributed by atoms with van der Waals surface area (Å²) in [6, 6.07) is 42.8. The van der Waals surface area contributed by atoms with Crippen molar-refractivity contribution < 1.29 is 0 Å². The molecule has 0 aliphatic carbocycles. The number of fused-ring (bicyclic) bond motifs is 15. The molecule has 4 heterocycles. The summed E-state index contributed by atoms with van der Waals surface area (Å²) in [6.07, 6.45) is 1.91. The van der Waals surface area contributed by atoms with Crippen molar-refractivity contribution in [1.29, 1.82) is 0 Å². The molecule has 6 aromatic carbocycles. The van der Waals surface area contributed by atoms with Crippen LogP contribution in [-0.4, -0.2) is 23.8 Å². The summed E-state index contributed by atoms with van der Waals surface area (Å²) < 4.78 is 4.40. The van der Waals surface area contributed by atoms with Crippen LogP contribution in [0.2, 0.25) is 0 Å². The van der Waals surface area contributed by atoms with E-state index in [9.17, 15) is 0 Å². The Morgan fingerprint density at radius 1 is 0.452 bits per heavy atom. The second-order valence-electron chi connectivity index (χ2n) is 10.9. The van der Waals surface area contributed by atoms with Crippen molar-refractivity contribution >= 4 is 76.7 Å². The molecule has 0 aliphatic heterocycles. The van der Waals surface area contributed by atoms with Crippen molar-refractivity contribution in [2.45, 2.75) is 0 Å². The highest BCUT2D eigenvalue weighted by Gasteiger charge is 2.19. The highest BCUT2D eigenvalue weighted by Crippen LogP contribution is 2.42. The van der Waals surface area contributed by atoms with E-state index in [4.69, 9.17) is 15.0 Å². The molecule has 0 bridgehead atoms. The number of para-hydroxylation sites is 6. The maximum atomic E-state index is 5.20. The van der Waals surface area contributed by atoms with Crippen LogP contribution >= 0.6 is 0 Å². The summed E-state index contributed by atoms with van der Waals surface area (Å²) in [5, 5.41) is 7.00. The Kier molecular flexibility index (Phi) is 4.12. The molecule has 0 unspecified atom stereocenters. The molecule has 0 amide bonds. The predicted octanol–water partition coefficient (Wildman–Crippen LogP) is 8.96. The van der Waals surface area contributed by atoms with Gasteiger partial charge in [0.2, 0.25) is 0 Å². The van der Waals surface area contributed by atoms with Gasteiger partial charge in [0.25, 0.3) is 0 Å². The molecule has 5 heteroatoms. The number of hydrogen-bond acceptors (Lipinski definition) is 3. The minimum atomic E-state index is 0.918. The number of nitrogens with zero attached hydrogens (tertiary/aromatic N) is 5. The van der Waals surface area contributed by atoms with Crippen LogP contribution in [0.25, 0.3) is 87.8 Å². The second-order valence-corrected chi connectivity index (χ2v) is 10.9. The first-order chi connectivity index (χ1) is 20.8. The molecule has 0 radical (unpaired) electrons. The van der Waals surface area contributed by atoms with Gasteiger partial charge in [-0.3, -0.25) is 8.80 Å². The van der Waals surface area contributed by atoms with Crippen molar-refractivity contribution in [2.24, 2.45) is 0 Å². The van der Waals surface area contributed by atoms with Crippen LogP contribution < -0.4 is 0 Å². The fraction of sp³-hybridized carbons (Fsp3) is 0. The van der Waals surface area contributed by atoms with E-state index in [-0.39, 0.29) is 0 Å². The molecule has 194 valence electrons. The third kappa shape index (κ3) is 2.74. The van der Waals surface area contributed by atoms with Gasteiger partial charge in [0.1, 0.15) is 17.6 Å². The number of pyridine rings is 1. The van der Waals surface area contributed by atoms with E-state index in [2.05, 4.69) is 118 Å². The van der Waals surface area contributed by atoms with E-state index in [1.165, 1.54) is 21.5 Å². The summed E-state index contributed by atoms with van der Waals surface area (Å²) in [7, 11) is 0. The molecule has 0 spiro atoms. The molecule has 0 fully saturated rings. The molecule has 0 saturated carbocycles. The molecule has 0 aliphatic rings. The van der Waals surface area contributed by atoms with Crippen LogP contribution in [0.15, 0.2) is 128 Å². The van der Waals surface area contributed by atoms with Gasteiger partial charge < -0.3 is 0 Å². The third-order valence-electron chi connectivity index (χ3n) is 8.73. The first kappa shape index (κ1) is 21.9. The topological polar surface area (TPSA) is 47.5 Å². The van der Waals surface area contributed by atoms with Crippen molar-refractivity contribution in [3.63, 3.8) is 0 Å². The molecule has 0 N–H and O–H groups in total. The zero-order chi connectivity index (χ0) is 27.4. The van der Waals surface area contributed by atoms with Crippen LogP contribution in [-0.2, 0) is 0 Å². The van der Waals surface area contributed by atoms with E-state index >= 15 is 0 Å². The molecule has 5 nitrogen and oxygen atoms in total. The van der Waals surface area contributed by atoms with E-state index in [0.29, 0.717) is 0 Å². The van der Waals surface area contributed by atoms with Crippen molar-refractivity contribution in [3.05, 3.63) is 128 Å². The van der Waals surface area contributed by atoms with Gasteiger partial charge in [0, 0.05) is 27.1 Å². The zero-order valence-electron chi connectivity index (χ0n) is 22.4. The number of hydrogen-bond donors (Lipinski definition) is 0. The molecule has 42 heavy (non-hydrogen) atoms. The Morgan fingerprint density at radius 3 is 1.95 bits per heavy atom. The lowest BCUT2D eigenvalue weighted by atomic mass is 9.91. The predicted molar refractivity (Wildman–Crippen MR) is 172 cm³/mol. The zero-order valence-corrected chi connectivity index (χ0v) is 22.4. The van der Waals surface area contributed by atoms with Crippen LogP contribution in [0.5, 0.6) is 0 Å². The number of aromatic nitrogens is 5. The molecule has 0 atom stereocenters. The maximum absolute atomic E-state index is 5.20. The largest absolute Gasteiger partial charge is 0.292 e. The average molecular weight is 536 g/mol. The molecule has 10 aromatic rings. The lowest BCUT2D eigenvalue weighted by Crippen LogP contribution is -1.95.